The van der Waals surface area contributed by atoms with Gasteiger partial charge in [-0.15, -0.1) is 0 Å². The third kappa shape index (κ3) is 8.55. The summed E-state index contributed by atoms with van der Waals surface area (Å²) in [6, 6.07) is -2.98. The van der Waals surface area contributed by atoms with Crippen molar-refractivity contribution < 1.29 is 92.7 Å². The second-order valence-electron chi connectivity index (χ2n) is 9.81. The zero-order valence-electron chi connectivity index (χ0n) is 23.1. The number of rotatable bonds is 12. The molecule has 24 heteroatoms. The first-order valence-corrected chi connectivity index (χ1v) is 15.4. The summed E-state index contributed by atoms with van der Waals surface area (Å²) in [7, 11) is -8.99. The Kier molecular flexibility index (Phi) is 12.4. The zero-order chi connectivity index (χ0) is 33.3. The molecule has 44 heavy (non-hydrogen) atoms. The van der Waals surface area contributed by atoms with Gasteiger partial charge in [-0.3, -0.25) is 4.18 Å². The molecule has 3 heterocycles. The summed E-state index contributed by atoms with van der Waals surface area (Å²) in [5.41, 5.74) is 11.8. The molecular weight excluding hydrogens is 652 g/mol. The van der Waals surface area contributed by atoms with Crippen molar-refractivity contribution in [2.75, 3.05) is 14.2 Å². The van der Waals surface area contributed by atoms with Crippen LogP contribution in [0.1, 0.15) is 13.3 Å². The Hall–Kier alpha value is -1.27. The van der Waals surface area contributed by atoms with Crippen molar-refractivity contribution >= 4 is 26.8 Å². The quantitative estimate of drug-likeness (QED) is 0.0940. The van der Waals surface area contributed by atoms with E-state index >= 15 is 0 Å². The Morgan fingerprint density at radius 3 is 1.77 bits per heavy atom. The smallest absolute Gasteiger partial charge is 0.220 e. The van der Waals surface area contributed by atoms with E-state index in [1.165, 1.54) is 7.11 Å². The lowest BCUT2D eigenvalue weighted by atomic mass is 9.94. The summed E-state index contributed by atoms with van der Waals surface area (Å²) in [4.78, 5) is 12.1. The highest BCUT2D eigenvalue weighted by molar-refractivity contribution is 7.81. The maximum absolute atomic E-state index is 12.1. The molecule has 258 valence electrons. The summed E-state index contributed by atoms with van der Waals surface area (Å²) in [6.07, 6.45) is -25.0. The molecule has 3 aliphatic heterocycles. The number of carboxylic acid groups (broad SMARTS) is 1. The summed E-state index contributed by atoms with van der Waals surface area (Å²) in [6.45, 7) is 1.59. The first kappa shape index (κ1) is 37.2. The van der Waals surface area contributed by atoms with Gasteiger partial charge in [-0.25, -0.2) is 21.0 Å². The average molecular weight is 686 g/mol. The first-order chi connectivity index (χ1) is 20.3. The van der Waals surface area contributed by atoms with Crippen LogP contribution in [-0.2, 0) is 67.1 Å². The number of aliphatic hydroxyl groups is 3. The van der Waals surface area contributed by atoms with E-state index in [0.717, 1.165) is 7.11 Å². The minimum Gasteiger partial charge on any atom is -0.726 e. The maximum Gasteiger partial charge on any atom is 0.220 e. The summed E-state index contributed by atoms with van der Waals surface area (Å²) < 4.78 is 114. The molecule has 0 aliphatic carbocycles. The lowest BCUT2D eigenvalue weighted by Gasteiger charge is -2.49. The fraction of sp³-hybridized carbons (Fsp3) is 0.950. The minimum atomic E-state index is -5.70. The molecule has 0 aromatic carbocycles. The van der Waals surface area contributed by atoms with Crippen molar-refractivity contribution in [3.05, 3.63) is 0 Å². The van der Waals surface area contributed by atoms with Gasteiger partial charge in [0.05, 0.1) is 24.2 Å². The Bertz CT molecular complexity index is 1190. The van der Waals surface area contributed by atoms with Crippen LogP contribution in [0.25, 0.3) is 0 Å². The van der Waals surface area contributed by atoms with Gasteiger partial charge in [-0.05, 0) is 6.42 Å². The molecule has 0 aromatic rings. The van der Waals surface area contributed by atoms with Crippen LogP contribution in [-0.4, -0.2) is 154 Å². The number of nitrogens with two attached hydrogens (primary N) is 2. The Morgan fingerprint density at radius 2 is 1.27 bits per heavy atom. The Labute approximate surface area is 250 Å². The number of hydrogen-bond acceptors (Lipinski definition) is 22. The van der Waals surface area contributed by atoms with Gasteiger partial charge in [0.15, 0.2) is 25.0 Å². The van der Waals surface area contributed by atoms with Crippen LogP contribution in [0.5, 0.6) is 0 Å². The molecule has 0 spiro atoms. The van der Waals surface area contributed by atoms with Crippen molar-refractivity contribution in [2.45, 2.75) is 106 Å². The number of carboxylic acids is 1. The van der Waals surface area contributed by atoms with Crippen LogP contribution in [0.4, 0.5) is 0 Å². The summed E-state index contributed by atoms with van der Waals surface area (Å²) in [5.74, 6) is -2.12. The first-order valence-electron chi connectivity index (χ1n) is 12.7. The normalized spacial score (nSPS) is 43.9. The monoisotopic (exact) mass is 685 g/mol. The number of ether oxygens (including phenoxy) is 7. The number of methoxy groups -OCH3 is 2. The van der Waals surface area contributed by atoms with E-state index in [2.05, 4.69) is 8.37 Å². The van der Waals surface area contributed by atoms with E-state index in [4.69, 9.17) is 44.6 Å². The van der Waals surface area contributed by atoms with E-state index in [-0.39, 0.29) is 6.42 Å². The molecule has 3 aliphatic rings. The fourth-order valence-electron chi connectivity index (χ4n) is 4.88. The highest BCUT2D eigenvalue weighted by atomic mass is 32.3. The van der Waals surface area contributed by atoms with Gasteiger partial charge < -0.3 is 79.0 Å². The van der Waals surface area contributed by atoms with Gasteiger partial charge in [0, 0.05) is 14.2 Å². The number of carbonyl (C=O) groups excluding carboxylic acids is 1. The summed E-state index contributed by atoms with van der Waals surface area (Å²) in [5, 5.41) is 44.4. The summed E-state index contributed by atoms with van der Waals surface area (Å²) >= 11 is 0. The molecular formula is C20H33N2O20S2-3. The number of aliphatic carboxylic acids is 1. The van der Waals surface area contributed by atoms with Crippen LogP contribution < -0.4 is 16.6 Å². The number of hydrogen-bond donors (Lipinski definition) is 5. The molecule has 3 saturated heterocycles. The average Bonchev–Trinajstić information content (AvgIpc) is 2.91. The number of carbonyl (C=O) groups is 1. The van der Waals surface area contributed by atoms with Gasteiger partial charge in [0.2, 0.25) is 27.1 Å². The third-order valence-electron chi connectivity index (χ3n) is 6.99. The van der Waals surface area contributed by atoms with E-state index in [9.17, 15) is 51.2 Å². The van der Waals surface area contributed by atoms with Crippen LogP contribution in [0.2, 0.25) is 0 Å². The van der Waals surface area contributed by atoms with E-state index in [1.807, 2.05) is 0 Å². The Balaban J connectivity index is 1.94. The highest BCUT2D eigenvalue weighted by Gasteiger charge is 2.55. The van der Waals surface area contributed by atoms with E-state index in [0.29, 0.717) is 0 Å². The molecule has 7 N–H and O–H groups in total. The van der Waals surface area contributed by atoms with Crippen molar-refractivity contribution in [3.63, 3.8) is 0 Å². The van der Waals surface area contributed by atoms with Crippen molar-refractivity contribution in [2.24, 2.45) is 11.5 Å². The van der Waals surface area contributed by atoms with Gasteiger partial charge in [-0.2, -0.15) is 0 Å². The molecule has 0 bridgehead atoms. The van der Waals surface area contributed by atoms with Crippen LogP contribution >= 0.6 is 0 Å². The molecule has 0 aromatic heterocycles. The molecule has 0 saturated carbocycles. The van der Waals surface area contributed by atoms with Gasteiger partial charge in [0.25, 0.3) is 0 Å². The predicted octanol–water partition coefficient (Wildman–Crippen LogP) is -7.23. The molecule has 0 radical (unpaired) electrons. The topological polar surface area (TPSA) is 350 Å². The second kappa shape index (κ2) is 14.7. The van der Waals surface area contributed by atoms with Gasteiger partial charge in [0.1, 0.15) is 42.7 Å². The second-order valence-corrected chi connectivity index (χ2v) is 11.8. The van der Waals surface area contributed by atoms with Crippen molar-refractivity contribution in [3.8, 4) is 0 Å². The lowest BCUT2D eigenvalue weighted by molar-refractivity contribution is -0.382. The minimum absolute atomic E-state index is 0.120. The van der Waals surface area contributed by atoms with Crippen LogP contribution in [0, 0.1) is 0 Å². The predicted molar refractivity (Wildman–Crippen MR) is 128 cm³/mol. The standard InChI is InChI=1S/C20H36N2O20S2/c1-4-5-11(8(23)6(21)17(35-3)36-5)37-19-14(41-43(28,29)30)10(25)12(15(39-19)16(26)27)38-18-7(22)9(24)13(34-2)20(40-18)42-44(31,32)33/h5-15,17-20,23-25H,4,21-22H2,1-3H3,(H,26,27)(H,28,29,30)(H,31,32,33)/p-3/t5?,6-,7-,8+,9+,10?,11?,12-,13?,14?,15+,17?,18?,19+,20?/m0/s1. The lowest BCUT2D eigenvalue weighted by Crippen LogP contribution is -2.69. The van der Waals surface area contributed by atoms with Crippen molar-refractivity contribution in [1.29, 1.82) is 0 Å². The van der Waals surface area contributed by atoms with Gasteiger partial charge in [-0.1, -0.05) is 6.92 Å². The molecule has 3 rings (SSSR count). The zero-order valence-corrected chi connectivity index (χ0v) is 24.8. The highest BCUT2D eigenvalue weighted by Crippen LogP contribution is 2.34. The third-order valence-corrected chi connectivity index (χ3v) is 7.87. The maximum atomic E-state index is 12.1. The van der Waals surface area contributed by atoms with Crippen LogP contribution in [0.15, 0.2) is 0 Å². The molecule has 0 amide bonds. The molecule has 8 unspecified atom stereocenters. The van der Waals surface area contributed by atoms with E-state index in [1.54, 1.807) is 6.92 Å². The number of aliphatic hydroxyl groups excluding tert-OH is 3. The van der Waals surface area contributed by atoms with Crippen molar-refractivity contribution in [1.82, 2.24) is 0 Å². The fourth-order valence-corrected chi connectivity index (χ4v) is 5.75. The van der Waals surface area contributed by atoms with E-state index < -0.39 is 119 Å². The SMILES string of the molecule is CCC1OC(OC)[C@@H](N)[C@@H](O)C1O[C@@H]1O[C@@H](C(=O)[O-])[C@@H](OC2OC(OS(=O)(=O)[O-])C(OC)[C@H](O)[C@@H]2N)C(O)C1OS(=O)(=O)[O-]. The van der Waals surface area contributed by atoms with Crippen LogP contribution in [0.3, 0.4) is 0 Å². The molecule has 3 fully saturated rings. The largest absolute Gasteiger partial charge is 0.726 e. The molecule has 22 nitrogen and oxygen atoms in total. The van der Waals surface area contributed by atoms with Gasteiger partial charge >= 0.3 is 0 Å². The Morgan fingerprint density at radius 1 is 0.727 bits per heavy atom. The molecule has 15 atom stereocenters.